The van der Waals surface area contributed by atoms with Gasteiger partial charge in [-0.2, -0.15) is 0 Å². The number of imide groups is 1. The third kappa shape index (κ3) is 1.25. The van der Waals surface area contributed by atoms with Gasteiger partial charge in [0.1, 0.15) is 5.54 Å². The summed E-state index contributed by atoms with van der Waals surface area (Å²) < 4.78 is 0. The smallest absolute Gasteiger partial charge is 0.322 e. The minimum atomic E-state index is -1.00. The predicted molar refractivity (Wildman–Crippen MR) is 62.3 cm³/mol. The lowest BCUT2D eigenvalue weighted by Crippen LogP contribution is -2.40. The highest BCUT2D eigenvalue weighted by Crippen LogP contribution is 2.30. The number of benzene rings is 1. The van der Waals surface area contributed by atoms with Crippen molar-refractivity contribution < 1.29 is 9.59 Å². The van der Waals surface area contributed by atoms with Crippen molar-refractivity contribution in [1.29, 1.82) is 0 Å². The molecule has 1 aliphatic heterocycles. The zero-order chi connectivity index (χ0) is 12.0. The average Bonchev–Trinajstić information content (AvgIpc) is 2.81. The molecule has 1 fully saturated rings. The van der Waals surface area contributed by atoms with Gasteiger partial charge in [0.15, 0.2) is 0 Å². The van der Waals surface area contributed by atoms with Crippen molar-refractivity contribution in [3.05, 3.63) is 36.0 Å². The zero-order valence-corrected chi connectivity index (χ0v) is 9.20. The van der Waals surface area contributed by atoms with Crippen LogP contribution in [0.25, 0.3) is 10.9 Å². The van der Waals surface area contributed by atoms with E-state index < -0.39 is 11.6 Å². The number of nitrogens with one attached hydrogen (secondary N) is 3. The largest absolute Gasteiger partial charge is 0.361 e. The molecule has 3 amide bonds. The van der Waals surface area contributed by atoms with E-state index in [1.807, 2.05) is 24.3 Å². The van der Waals surface area contributed by atoms with Crippen LogP contribution in [-0.4, -0.2) is 16.9 Å². The molecule has 2 aromatic rings. The quantitative estimate of drug-likeness (QED) is 0.643. The van der Waals surface area contributed by atoms with Crippen LogP contribution in [0.15, 0.2) is 30.5 Å². The summed E-state index contributed by atoms with van der Waals surface area (Å²) in [6.45, 7) is 1.70. The first kappa shape index (κ1) is 9.89. The summed E-state index contributed by atoms with van der Waals surface area (Å²) in [4.78, 5) is 26.2. The Morgan fingerprint density at radius 3 is 2.65 bits per heavy atom. The van der Waals surface area contributed by atoms with Crippen molar-refractivity contribution in [2.24, 2.45) is 0 Å². The van der Waals surface area contributed by atoms with Crippen LogP contribution >= 0.6 is 0 Å². The minimum absolute atomic E-state index is 0.327. The number of carbonyl (C=O) groups excluding carboxylic acids is 2. The standard InChI is InChI=1S/C12H11N3O2/c1-12(10(16)14-11(17)15-12)8-6-13-9-5-3-2-4-7(8)9/h2-6,13H,1H3,(H2,14,15,16,17)/t12-/m1/s1. The fourth-order valence-electron chi connectivity index (χ4n) is 2.22. The van der Waals surface area contributed by atoms with E-state index in [-0.39, 0.29) is 5.91 Å². The number of H-pyrrole nitrogens is 1. The summed E-state index contributed by atoms with van der Waals surface area (Å²) in [5, 5.41) is 5.85. The van der Waals surface area contributed by atoms with E-state index in [1.54, 1.807) is 13.1 Å². The molecule has 17 heavy (non-hydrogen) atoms. The predicted octanol–water partition coefficient (Wildman–Crippen LogP) is 1.22. The fourth-order valence-corrected chi connectivity index (χ4v) is 2.22. The Balaban J connectivity index is 2.22. The van der Waals surface area contributed by atoms with Gasteiger partial charge in [-0.3, -0.25) is 10.1 Å². The number of amides is 3. The first-order valence-electron chi connectivity index (χ1n) is 5.31. The maximum absolute atomic E-state index is 11.8. The van der Waals surface area contributed by atoms with Crippen LogP contribution in [0.4, 0.5) is 4.79 Å². The van der Waals surface area contributed by atoms with Crippen LogP contribution < -0.4 is 10.6 Å². The number of rotatable bonds is 1. The summed E-state index contributed by atoms with van der Waals surface area (Å²) in [5.41, 5.74) is 0.713. The van der Waals surface area contributed by atoms with Gasteiger partial charge in [-0.25, -0.2) is 4.79 Å². The number of urea groups is 1. The SMILES string of the molecule is C[C@]1(c2c[nH]c3ccccc23)NC(=O)NC1=O. The Kier molecular flexibility index (Phi) is 1.80. The van der Waals surface area contributed by atoms with Gasteiger partial charge in [0.25, 0.3) is 5.91 Å². The number of hydrogen-bond donors (Lipinski definition) is 3. The normalized spacial score (nSPS) is 23.8. The molecule has 0 radical (unpaired) electrons. The summed E-state index contributed by atoms with van der Waals surface area (Å²) in [6.07, 6.45) is 1.76. The molecular weight excluding hydrogens is 218 g/mol. The number of aromatic amines is 1. The minimum Gasteiger partial charge on any atom is -0.361 e. The highest BCUT2D eigenvalue weighted by atomic mass is 16.2. The lowest BCUT2D eigenvalue weighted by atomic mass is 9.92. The van der Waals surface area contributed by atoms with Crippen molar-refractivity contribution in [3.8, 4) is 0 Å². The summed E-state index contributed by atoms with van der Waals surface area (Å²) in [5.74, 6) is -0.327. The molecule has 2 heterocycles. The summed E-state index contributed by atoms with van der Waals surface area (Å²) in [7, 11) is 0. The second kappa shape index (κ2) is 3.10. The lowest BCUT2D eigenvalue weighted by molar-refractivity contribution is -0.123. The van der Waals surface area contributed by atoms with E-state index in [0.29, 0.717) is 0 Å². The van der Waals surface area contributed by atoms with Gasteiger partial charge in [-0.05, 0) is 13.0 Å². The molecule has 3 N–H and O–H groups in total. The molecule has 1 atom stereocenters. The molecule has 1 aromatic carbocycles. The van der Waals surface area contributed by atoms with Gasteiger partial charge in [0.2, 0.25) is 0 Å². The van der Waals surface area contributed by atoms with Crippen LogP contribution in [0.2, 0.25) is 0 Å². The Hall–Kier alpha value is -2.30. The highest BCUT2D eigenvalue weighted by molar-refractivity contribution is 6.09. The molecule has 0 bridgehead atoms. The van der Waals surface area contributed by atoms with Crippen molar-refractivity contribution >= 4 is 22.8 Å². The van der Waals surface area contributed by atoms with Gasteiger partial charge in [0.05, 0.1) is 0 Å². The molecule has 0 aliphatic carbocycles. The summed E-state index contributed by atoms with van der Waals surface area (Å²) >= 11 is 0. The Labute approximate surface area is 97.2 Å². The molecule has 3 rings (SSSR count). The van der Waals surface area contributed by atoms with Crippen LogP contribution in [-0.2, 0) is 10.3 Å². The van der Waals surface area contributed by atoms with Crippen molar-refractivity contribution in [3.63, 3.8) is 0 Å². The molecule has 5 nitrogen and oxygen atoms in total. The Bertz CT molecular complexity index is 631. The molecule has 0 spiro atoms. The lowest BCUT2D eigenvalue weighted by Gasteiger charge is -2.19. The Morgan fingerprint density at radius 1 is 1.18 bits per heavy atom. The molecule has 0 saturated carbocycles. The van der Waals surface area contributed by atoms with E-state index in [9.17, 15) is 9.59 Å². The molecule has 1 saturated heterocycles. The van der Waals surface area contributed by atoms with Crippen LogP contribution in [0, 0.1) is 0 Å². The van der Waals surface area contributed by atoms with Crippen molar-refractivity contribution in [1.82, 2.24) is 15.6 Å². The van der Waals surface area contributed by atoms with E-state index in [1.165, 1.54) is 0 Å². The maximum atomic E-state index is 11.8. The van der Waals surface area contributed by atoms with Gasteiger partial charge in [0, 0.05) is 22.7 Å². The molecule has 0 unspecified atom stereocenters. The Morgan fingerprint density at radius 2 is 1.94 bits per heavy atom. The number of fused-ring (bicyclic) bond motifs is 1. The maximum Gasteiger partial charge on any atom is 0.322 e. The third-order valence-electron chi connectivity index (χ3n) is 3.17. The van der Waals surface area contributed by atoms with Gasteiger partial charge < -0.3 is 10.3 Å². The van der Waals surface area contributed by atoms with Crippen LogP contribution in [0.3, 0.4) is 0 Å². The highest BCUT2D eigenvalue weighted by Gasteiger charge is 2.44. The van der Waals surface area contributed by atoms with Crippen molar-refractivity contribution in [2.75, 3.05) is 0 Å². The number of aromatic nitrogens is 1. The molecular formula is C12H11N3O2. The van der Waals surface area contributed by atoms with E-state index in [4.69, 9.17) is 0 Å². The van der Waals surface area contributed by atoms with E-state index >= 15 is 0 Å². The molecule has 5 heteroatoms. The number of carbonyl (C=O) groups is 2. The topological polar surface area (TPSA) is 74.0 Å². The summed E-state index contributed by atoms with van der Waals surface area (Å²) in [6, 6.07) is 7.21. The molecule has 1 aromatic heterocycles. The number of hydrogen-bond acceptors (Lipinski definition) is 2. The van der Waals surface area contributed by atoms with E-state index in [0.717, 1.165) is 16.5 Å². The monoisotopic (exact) mass is 229 g/mol. The second-order valence-electron chi connectivity index (χ2n) is 4.28. The van der Waals surface area contributed by atoms with Gasteiger partial charge in [-0.15, -0.1) is 0 Å². The van der Waals surface area contributed by atoms with Crippen molar-refractivity contribution in [2.45, 2.75) is 12.5 Å². The van der Waals surface area contributed by atoms with Gasteiger partial charge in [-0.1, -0.05) is 18.2 Å². The second-order valence-corrected chi connectivity index (χ2v) is 4.28. The fraction of sp³-hybridized carbons (Fsp3) is 0.167. The zero-order valence-electron chi connectivity index (χ0n) is 9.20. The van der Waals surface area contributed by atoms with Crippen LogP contribution in [0.1, 0.15) is 12.5 Å². The van der Waals surface area contributed by atoms with E-state index in [2.05, 4.69) is 15.6 Å². The van der Waals surface area contributed by atoms with Gasteiger partial charge >= 0.3 is 6.03 Å². The van der Waals surface area contributed by atoms with Crippen LogP contribution in [0.5, 0.6) is 0 Å². The average molecular weight is 229 g/mol. The molecule has 86 valence electrons. The molecule has 1 aliphatic rings. The number of para-hydroxylation sites is 1. The third-order valence-corrected chi connectivity index (χ3v) is 3.17. The first-order chi connectivity index (χ1) is 8.11. The first-order valence-corrected chi connectivity index (χ1v) is 5.31.